The molecule has 6 nitrogen and oxygen atoms in total. The summed E-state index contributed by atoms with van der Waals surface area (Å²) < 4.78 is 0. The van der Waals surface area contributed by atoms with Crippen molar-refractivity contribution in [3.8, 4) is 0 Å². The third-order valence-electron chi connectivity index (χ3n) is 4.88. The number of nitrogens with one attached hydrogen (secondary N) is 1. The van der Waals surface area contributed by atoms with Crippen LogP contribution in [0.3, 0.4) is 0 Å². The van der Waals surface area contributed by atoms with Crippen molar-refractivity contribution in [1.82, 2.24) is 20.1 Å². The zero-order chi connectivity index (χ0) is 20.8. The number of benzene rings is 1. The van der Waals surface area contributed by atoms with Gasteiger partial charge >= 0.3 is 0 Å². The zero-order valence-corrected chi connectivity index (χ0v) is 21.5. The van der Waals surface area contributed by atoms with Crippen LogP contribution < -0.4 is 5.32 Å². The molecule has 2 aromatic rings. The molecule has 9 heteroatoms. The van der Waals surface area contributed by atoms with Crippen molar-refractivity contribution in [2.75, 3.05) is 33.2 Å². The van der Waals surface area contributed by atoms with Gasteiger partial charge in [0.1, 0.15) is 0 Å². The van der Waals surface area contributed by atoms with Crippen LogP contribution in [0.4, 0.5) is 0 Å². The molecule has 164 valence electrons. The molecule has 1 fully saturated rings. The number of piperazine rings is 1. The molecule has 1 aromatic carbocycles. The Kier molecular flexibility index (Phi) is 9.83. The molecular weight excluding hydrogens is 533 g/mol. The number of carbonyl (C=O) groups excluding carboxylic acids is 1. The number of rotatable bonds is 5. The van der Waals surface area contributed by atoms with Crippen molar-refractivity contribution in [2.24, 2.45) is 4.99 Å². The summed E-state index contributed by atoms with van der Waals surface area (Å²) in [5, 5.41) is 7.32. The molecule has 0 radical (unpaired) electrons. The number of halogens is 2. The number of hydrogen-bond donors (Lipinski definition) is 1. The second-order valence-electron chi connectivity index (χ2n) is 7.41. The maximum atomic E-state index is 12.6. The molecule has 0 unspecified atom stereocenters. The predicted molar refractivity (Wildman–Crippen MR) is 135 cm³/mol. The number of thiazole rings is 1. The standard InChI is InChI=1S/C21H28ClN5OS.HI/c1-15(2)20-25-18(14-29-20)13-24-21(23-3)27-9-7-26(8-10-27)19(28)12-16-5-4-6-17(22)11-16;/h4-6,11,14-15H,7-10,12-13H2,1-3H3,(H,23,24);1H. The molecule has 3 rings (SSSR count). The highest BCUT2D eigenvalue weighted by atomic mass is 127. The second kappa shape index (κ2) is 11.9. The molecule has 2 heterocycles. The topological polar surface area (TPSA) is 60.8 Å². The van der Waals surface area contributed by atoms with Crippen LogP contribution >= 0.6 is 46.9 Å². The SMILES string of the molecule is CN=C(NCc1csc(C(C)C)n1)N1CCN(C(=O)Cc2cccc(Cl)c2)CC1.I. The Morgan fingerprint density at radius 2 is 1.97 bits per heavy atom. The number of nitrogens with zero attached hydrogens (tertiary/aromatic N) is 4. The second-order valence-corrected chi connectivity index (χ2v) is 8.73. The van der Waals surface area contributed by atoms with E-state index in [1.54, 1.807) is 18.4 Å². The quantitative estimate of drug-likeness (QED) is 0.341. The van der Waals surface area contributed by atoms with E-state index in [9.17, 15) is 4.79 Å². The largest absolute Gasteiger partial charge is 0.351 e. The summed E-state index contributed by atoms with van der Waals surface area (Å²) in [4.78, 5) is 25.8. The molecule has 0 saturated carbocycles. The van der Waals surface area contributed by atoms with Crippen LogP contribution in [0.1, 0.15) is 36.0 Å². The highest BCUT2D eigenvalue weighted by Gasteiger charge is 2.23. The Morgan fingerprint density at radius 3 is 2.57 bits per heavy atom. The molecule has 1 aliphatic rings. The summed E-state index contributed by atoms with van der Waals surface area (Å²) >= 11 is 7.72. The lowest BCUT2D eigenvalue weighted by Gasteiger charge is -2.36. The van der Waals surface area contributed by atoms with Crippen molar-refractivity contribution in [2.45, 2.75) is 32.7 Å². The molecule has 0 atom stereocenters. The van der Waals surface area contributed by atoms with Gasteiger partial charge in [0.05, 0.1) is 23.7 Å². The minimum Gasteiger partial charge on any atom is -0.351 e. The molecule has 0 aliphatic carbocycles. The van der Waals surface area contributed by atoms with Gasteiger partial charge in [0.15, 0.2) is 5.96 Å². The lowest BCUT2D eigenvalue weighted by atomic mass is 10.1. The molecule has 1 amide bonds. The Labute approximate surface area is 204 Å². The summed E-state index contributed by atoms with van der Waals surface area (Å²) in [6.45, 7) is 7.86. The number of hydrogen-bond acceptors (Lipinski definition) is 4. The third-order valence-corrected chi connectivity index (χ3v) is 6.31. The van der Waals surface area contributed by atoms with Gasteiger partial charge in [-0.3, -0.25) is 9.79 Å². The fourth-order valence-corrected chi connectivity index (χ4v) is 4.32. The summed E-state index contributed by atoms with van der Waals surface area (Å²) in [6.07, 6.45) is 0.384. The van der Waals surface area contributed by atoms with Gasteiger partial charge in [0.25, 0.3) is 0 Å². The first-order valence-corrected chi connectivity index (χ1v) is 11.1. The van der Waals surface area contributed by atoms with E-state index >= 15 is 0 Å². The molecule has 0 bridgehead atoms. The van der Waals surface area contributed by atoms with Gasteiger partial charge < -0.3 is 15.1 Å². The number of guanidine groups is 1. The van der Waals surface area contributed by atoms with Gasteiger partial charge in [-0.25, -0.2) is 4.98 Å². The highest BCUT2D eigenvalue weighted by Crippen LogP contribution is 2.19. The molecule has 1 N–H and O–H groups in total. The first-order chi connectivity index (χ1) is 14.0. The number of aromatic nitrogens is 1. The minimum atomic E-state index is 0. The van der Waals surface area contributed by atoms with Crippen LogP contribution in [-0.4, -0.2) is 59.9 Å². The van der Waals surface area contributed by atoms with Crippen LogP contribution in [0.15, 0.2) is 34.6 Å². The molecule has 1 saturated heterocycles. The van der Waals surface area contributed by atoms with Crippen LogP contribution in [-0.2, 0) is 17.8 Å². The average Bonchev–Trinajstić information content (AvgIpc) is 3.18. The summed E-state index contributed by atoms with van der Waals surface area (Å²) in [5.74, 6) is 1.44. The van der Waals surface area contributed by atoms with Crippen molar-refractivity contribution >= 4 is 58.8 Å². The summed E-state index contributed by atoms with van der Waals surface area (Å²) in [7, 11) is 1.79. The monoisotopic (exact) mass is 561 g/mol. The number of carbonyl (C=O) groups is 1. The fraction of sp³-hybridized carbons (Fsp3) is 0.476. The van der Waals surface area contributed by atoms with E-state index in [1.807, 2.05) is 29.2 Å². The first-order valence-electron chi connectivity index (χ1n) is 9.88. The normalized spacial score (nSPS) is 14.6. The lowest BCUT2D eigenvalue weighted by Crippen LogP contribution is -2.53. The Bertz CT molecular complexity index is 865. The highest BCUT2D eigenvalue weighted by molar-refractivity contribution is 14.0. The first kappa shape index (κ1) is 24.9. The third kappa shape index (κ3) is 6.81. The van der Waals surface area contributed by atoms with Gasteiger partial charge in [0.2, 0.25) is 5.91 Å². The van der Waals surface area contributed by atoms with Gasteiger partial charge in [-0.15, -0.1) is 35.3 Å². The van der Waals surface area contributed by atoms with Crippen LogP contribution in [0.5, 0.6) is 0 Å². The van der Waals surface area contributed by atoms with Crippen LogP contribution in [0, 0.1) is 0 Å². The zero-order valence-electron chi connectivity index (χ0n) is 17.6. The molecule has 1 aromatic heterocycles. The number of amides is 1. The molecule has 30 heavy (non-hydrogen) atoms. The van der Waals surface area contributed by atoms with Gasteiger partial charge in [0, 0.05) is 49.5 Å². The predicted octanol–water partition coefficient (Wildman–Crippen LogP) is 4.00. The van der Waals surface area contributed by atoms with E-state index < -0.39 is 0 Å². The van der Waals surface area contributed by atoms with Crippen molar-refractivity contribution in [3.63, 3.8) is 0 Å². The fourth-order valence-electron chi connectivity index (χ4n) is 3.27. The van der Waals surface area contributed by atoms with E-state index in [0.29, 0.717) is 37.0 Å². The van der Waals surface area contributed by atoms with E-state index in [-0.39, 0.29) is 29.9 Å². The Hall–Kier alpha value is -1.39. The smallest absolute Gasteiger partial charge is 0.227 e. The Balaban J connectivity index is 0.00000320. The van der Waals surface area contributed by atoms with E-state index in [2.05, 4.69) is 39.4 Å². The van der Waals surface area contributed by atoms with Gasteiger partial charge in [-0.1, -0.05) is 37.6 Å². The summed E-state index contributed by atoms with van der Waals surface area (Å²) in [6, 6.07) is 7.49. The van der Waals surface area contributed by atoms with E-state index in [0.717, 1.165) is 35.3 Å². The Morgan fingerprint density at radius 1 is 1.27 bits per heavy atom. The maximum Gasteiger partial charge on any atom is 0.227 e. The van der Waals surface area contributed by atoms with E-state index in [4.69, 9.17) is 11.6 Å². The van der Waals surface area contributed by atoms with Crippen LogP contribution in [0.2, 0.25) is 5.02 Å². The van der Waals surface area contributed by atoms with Gasteiger partial charge in [-0.05, 0) is 17.7 Å². The van der Waals surface area contributed by atoms with Gasteiger partial charge in [-0.2, -0.15) is 0 Å². The van der Waals surface area contributed by atoms with Crippen molar-refractivity contribution in [1.29, 1.82) is 0 Å². The average molecular weight is 562 g/mol. The van der Waals surface area contributed by atoms with E-state index in [1.165, 1.54) is 0 Å². The molecule has 1 aliphatic heterocycles. The minimum absolute atomic E-state index is 0. The number of aliphatic imine (C=N–C) groups is 1. The van der Waals surface area contributed by atoms with Crippen molar-refractivity contribution in [3.05, 3.63) is 50.9 Å². The van der Waals surface area contributed by atoms with Crippen molar-refractivity contribution < 1.29 is 4.79 Å². The molecule has 0 spiro atoms. The molecular formula is C21H29ClIN5OS. The lowest BCUT2D eigenvalue weighted by molar-refractivity contribution is -0.131. The summed E-state index contributed by atoms with van der Waals surface area (Å²) in [5.41, 5.74) is 1.99. The van der Waals surface area contributed by atoms with Crippen LogP contribution in [0.25, 0.3) is 0 Å². The maximum absolute atomic E-state index is 12.6.